The standard InChI is InChI=1S/C15H25NO3/c1-11(10-17)5-4-8-16-12(2)14-9-13(19-3)6-7-15(14)18/h6-7,9,11-12,16-18H,4-5,8,10H2,1-3H3. The summed E-state index contributed by atoms with van der Waals surface area (Å²) >= 11 is 0. The molecule has 3 N–H and O–H groups in total. The molecule has 0 fully saturated rings. The van der Waals surface area contributed by atoms with Crippen LogP contribution in [0.5, 0.6) is 11.5 Å². The molecule has 0 aliphatic carbocycles. The maximum absolute atomic E-state index is 9.86. The Morgan fingerprint density at radius 3 is 2.68 bits per heavy atom. The van der Waals surface area contributed by atoms with E-state index in [0.717, 1.165) is 30.7 Å². The van der Waals surface area contributed by atoms with Gasteiger partial charge in [-0.25, -0.2) is 0 Å². The highest BCUT2D eigenvalue weighted by molar-refractivity contribution is 5.41. The lowest BCUT2D eigenvalue weighted by Crippen LogP contribution is -2.20. The highest BCUT2D eigenvalue weighted by Gasteiger charge is 2.11. The Labute approximate surface area is 115 Å². The Morgan fingerprint density at radius 2 is 2.05 bits per heavy atom. The maximum Gasteiger partial charge on any atom is 0.120 e. The first-order valence-corrected chi connectivity index (χ1v) is 6.79. The number of methoxy groups -OCH3 is 1. The monoisotopic (exact) mass is 267 g/mol. The van der Waals surface area contributed by atoms with Crippen LogP contribution in [0.25, 0.3) is 0 Å². The van der Waals surface area contributed by atoms with Crippen molar-refractivity contribution in [2.45, 2.75) is 32.7 Å². The van der Waals surface area contributed by atoms with E-state index in [-0.39, 0.29) is 18.4 Å². The third-order valence-corrected chi connectivity index (χ3v) is 3.34. The highest BCUT2D eigenvalue weighted by atomic mass is 16.5. The molecule has 0 amide bonds. The van der Waals surface area contributed by atoms with Crippen molar-refractivity contribution in [2.24, 2.45) is 5.92 Å². The van der Waals surface area contributed by atoms with Crippen LogP contribution >= 0.6 is 0 Å². The first kappa shape index (κ1) is 15.8. The molecule has 0 aliphatic heterocycles. The second-order valence-corrected chi connectivity index (χ2v) is 5.03. The Hall–Kier alpha value is -1.26. The number of phenols is 1. The van der Waals surface area contributed by atoms with E-state index in [1.807, 2.05) is 19.9 Å². The number of ether oxygens (including phenoxy) is 1. The Balaban J connectivity index is 2.46. The van der Waals surface area contributed by atoms with Gasteiger partial charge in [0.25, 0.3) is 0 Å². The average molecular weight is 267 g/mol. The molecule has 2 atom stereocenters. The summed E-state index contributed by atoms with van der Waals surface area (Å²) in [6, 6.07) is 5.32. The average Bonchev–Trinajstić information content (AvgIpc) is 2.43. The van der Waals surface area contributed by atoms with E-state index in [4.69, 9.17) is 9.84 Å². The van der Waals surface area contributed by atoms with Gasteiger partial charge in [0.1, 0.15) is 11.5 Å². The van der Waals surface area contributed by atoms with Crippen LogP contribution in [-0.4, -0.2) is 30.5 Å². The lowest BCUT2D eigenvalue weighted by atomic mass is 10.0. The molecule has 4 nitrogen and oxygen atoms in total. The molecule has 19 heavy (non-hydrogen) atoms. The summed E-state index contributed by atoms with van der Waals surface area (Å²) in [5, 5.41) is 22.2. The third-order valence-electron chi connectivity index (χ3n) is 3.34. The van der Waals surface area contributed by atoms with E-state index < -0.39 is 0 Å². The summed E-state index contributed by atoms with van der Waals surface area (Å²) in [4.78, 5) is 0. The molecular formula is C15H25NO3. The van der Waals surface area contributed by atoms with E-state index in [1.165, 1.54) is 0 Å². The Morgan fingerprint density at radius 1 is 1.32 bits per heavy atom. The quantitative estimate of drug-likeness (QED) is 0.633. The molecule has 0 bridgehead atoms. The van der Waals surface area contributed by atoms with Crippen molar-refractivity contribution in [3.63, 3.8) is 0 Å². The van der Waals surface area contributed by atoms with E-state index in [9.17, 15) is 5.11 Å². The SMILES string of the molecule is COc1ccc(O)c(C(C)NCCCC(C)CO)c1. The van der Waals surface area contributed by atoms with E-state index in [1.54, 1.807) is 19.2 Å². The number of aromatic hydroxyl groups is 1. The van der Waals surface area contributed by atoms with Crippen molar-refractivity contribution in [3.05, 3.63) is 23.8 Å². The zero-order valence-corrected chi connectivity index (χ0v) is 12.0. The molecule has 2 unspecified atom stereocenters. The molecule has 1 aromatic carbocycles. The molecule has 0 heterocycles. The summed E-state index contributed by atoms with van der Waals surface area (Å²) in [6.45, 7) is 5.16. The molecular weight excluding hydrogens is 242 g/mol. The molecule has 0 spiro atoms. The van der Waals surface area contributed by atoms with Crippen LogP contribution in [0.1, 0.15) is 38.3 Å². The number of nitrogens with one attached hydrogen (secondary N) is 1. The van der Waals surface area contributed by atoms with Gasteiger partial charge in [-0.1, -0.05) is 6.92 Å². The number of hydrogen-bond donors (Lipinski definition) is 3. The maximum atomic E-state index is 9.86. The number of hydrogen-bond acceptors (Lipinski definition) is 4. The fourth-order valence-electron chi connectivity index (χ4n) is 1.98. The topological polar surface area (TPSA) is 61.7 Å². The summed E-state index contributed by atoms with van der Waals surface area (Å²) in [5.41, 5.74) is 0.842. The number of aliphatic hydroxyl groups is 1. The smallest absolute Gasteiger partial charge is 0.120 e. The van der Waals surface area contributed by atoms with Crippen molar-refractivity contribution in [3.8, 4) is 11.5 Å². The normalized spacial score (nSPS) is 14.1. The molecule has 1 aromatic rings. The van der Waals surface area contributed by atoms with E-state index in [0.29, 0.717) is 5.92 Å². The second kappa shape index (κ2) is 8.02. The van der Waals surface area contributed by atoms with Crippen LogP contribution in [0.15, 0.2) is 18.2 Å². The minimum Gasteiger partial charge on any atom is -0.508 e. The predicted molar refractivity (Wildman–Crippen MR) is 76.6 cm³/mol. The Kier molecular flexibility index (Phi) is 6.67. The minimum atomic E-state index is 0.0690. The first-order chi connectivity index (χ1) is 9.08. The molecule has 0 aliphatic rings. The molecule has 0 aromatic heterocycles. The second-order valence-electron chi connectivity index (χ2n) is 5.03. The number of benzene rings is 1. The van der Waals surface area contributed by atoms with Gasteiger partial charge in [0, 0.05) is 18.2 Å². The van der Waals surface area contributed by atoms with E-state index in [2.05, 4.69) is 5.32 Å². The fourth-order valence-corrected chi connectivity index (χ4v) is 1.98. The largest absolute Gasteiger partial charge is 0.508 e. The van der Waals surface area contributed by atoms with Crippen molar-refractivity contribution in [1.82, 2.24) is 5.32 Å². The van der Waals surface area contributed by atoms with Crippen LogP contribution in [0, 0.1) is 5.92 Å². The van der Waals surface area contributed by atoms with Crippen LogP contribution in [0.4, 0.5) is 0 Å². The lowest BCUT2D eigenvalue weighted by molar-refractivity contribution is 0.227. The number of rotatable bonds is 8. The van der Waals surface area contributed by atoms with E-state index >= 15 is 0 Å². The number of phenolic OH excluding ortho intramolecular Hbond substituents is 1. The molecule has 0 saturated heterocycles. The van der Waals surface area contributed by atoms with Gasteiger partial charge in [0.15, 0.2) is 0 Å². The minimum absolute atomic E-state index is 0.0690. The molecule has 1 rings (SSSR count). The van der Waals surface area contributed by atoms with Gasteiger partial charge < -0.3 is 20.3 Å². The van der Waals surface area contributed by atoms with Gasteiger partial charge in [-0.3, -0.25) is 0 Å². The van der Waals surface area contributed by atoms with Crippen LogP contribution in [-0.2, 0) is 0 Å². The number of aliphatic hydroxyl groups excluding tert-OH is 1. The van der Waals surface area contributed by atoms with Crippen LogP contribution < -0.4 is 10.1 Å². The third kappa shape index (κ3) is 5.09. The first-order valence-electron chi connectivity index (χ1n) is 6.79. The summed E-state index contributed by atoms with van der Waals surface area (Å²) in [5.74, 6) is 1.38. The van der Waals surface area contributed by atoms with Crippen LogP contribution in [0.2, 0.25) is 0 Å². The van der Waals surface area contributed by atoms with Crippen molar-refractivity contribution < 1.29 is 14.9 Å². The fraction of sp³-hybridized carbons (Fsp3) is 0.600. The zero-order valence-electron chi connectivity index (χ0n) is 12.0. The van der Waals surface area contributed by atoms with Crippen LogP contribution in [0.3, 0.4) is 0 Å². The summed E-state index contributed by atoms with van der Waals surface area (Å²) in [6.07, 6.45) is 2.01. The zero-order chi connectivity index (χ0) is 14.3. The summed E-state index contributed by atoms with van der Waals surface area (Å²) in [7, 11) is 1.62. The van der Waals surface area contributed by atoms with Gasteiger partial charge in [0.2, 0.25) is 0 Å². The van der Waals surface area contributed by atoms with Crippen molar-refractivity contribution >= 4 is 0 Å². The van der Waals surface area contributed by atoms with Gasteiger partial charge in [-0.2, -0.15) is 0 Å². The van der Waals surface area contributed by atoms with Gasteiger partial charge >= 0.3 is 0 Å². The van der Waals surface area contributed by atoms with Crippen molar-refractivity contribution in [1.29, 1.82) is 0 Å². The van der Waals surface area contributed by atoms with Gasteiger partial charge in [-0.05, 0) is 50.4 Å². The summed E-state index contributed by atoms with van der Waals surface area (Å²) < 4.78 is 5.16. The van der Waals surface area contributed by atoms with Gasteiger partial charge in [-0.15, -0.1) is 0 Å². The predicted octanol–water partition coefficient (Wildman–Crippen LogP) is 2.46. The molecule has 108 valence electrons. The molecule has 0 radical (unpaired) electrons. The Bertz CT molecular complexity index is 382. The van der Waals surface area contributed by atoms with Gasteiger partial charge in [0.05, 0.1) is 7.11 Å². The molecule has 4 heteroatoms. The molecule has 0 saturated carbocycles. The highest BCUT2D eigenvalue weighted by Crippen LogP contribution is 2.28. The lowest BCUT2D eigenvalue weighted by Gasteiger charge is -2.17. The van der Waals surface area contributed by atoms with Crippen molar-refractivity contribution in [2.75, 3.05) is 20.3 Å².